The average molecular weight is 383 g/mol. The molecule has 0 aliphatic carbocycles. The van der Waals surface area contributed by atoms with Crippen LogP contribution in [0.5, 0.6) is 0 Å². The zero-order valence-corrected chi connectivity index (χ0v) is 14.9. The summed E-state index contributed by atoms with van der Waals surface area (Å²) in [5.41, 5.74) is 1.01. The molecular weight excluding hydrogens is 365 g/mol. The van der Waals surface area contributed by atoms with Gasteiger partial charge in [-0.2, -0.15) is 0 Å². The van der Waals surface area contributed by atoms with Crippen LogP contribution in [0.15, 0.2) is 48.5 Å². The van der Waals surface area contributed by atoms with Crippen LogP contribution in [0.2, 0.25) is 0 Å². The number of rotatable bonds is 7. The van der Waals surface area contributed by atoms with E-state index in [0.717, 1.165) is 4.90 Å². The van der Waals surface area contributed by atoms with Crippen molar-refractivity contribution in [3.05, 3.63) is 71.0 Å². The predicted molar refractivity (Wildman–Crippen MR) is 98.2 cm³/mol. The lowest BCUT2D eigenvalue weighted by molar-refractivity contribution is -0.121. The molecule has 4 amide bonds. The van der Waals surface area contributed by atoms with Crippen molar-refractivity contribution in [1.29, 1.82) is 0 Å². The number of nitrogens with zero attached hydrogens (tertiary/aromatic N) is 1. The molecule has 0 atom stereocenters. The van der Waals surface area contributed by atoms with E-state index in [0.29, 0.717) is 16.7 Å². The van der Waals surface area contributed by atoms with E-state index in [1.54, 1.807) is 24.3 Å². The topological polar surface area (TPSA) is 95.6 Å². The Labute approximate surface area is 160 Å². The molecular formula is C20H18FN3O4. The molecule has 1 heterocycles. The Morgan fingerprint density at radius 2 is 1.43 bits per heavy atom. The lowest BCUT2D eigenvalue weighted by atomic mass is 10.1. The standard InChI is InChI=1S/C20H18FN3O4/c21-14-7-5-13(6-8-14)18(26)23-11-10-22-17(25)9-12-24-19(27)15-3-1-2-4-16(15)20(24)28/h1-8H,9-12H2,(H,22,25)(H,23,26). The number of halogens is 1. The molecule has 0 aromatic heterocycles. The van der Waals surface area contributed by atoms with Crippen molar-refractivity contribution in [3.8, 4) is 0 Å². The van der Waals surface area contributed by atoms with Gasteiger partial charge < -0.3 is 10.6 Å². The van der Waals surface area contributed by atoms with Crippen LogP contribution in [0.1, 0.15) is 37.5 Å². The maximum absolute atomic E-state index is 12.8. The molecule has 0 unspecified atom stereocenters. The smallest absolute Gasteiger partial charge is 0.261 e. The molecule has 8 heteroatoms. The van der Waals surface area contributed by atoms with Crippen LogP contribution < -0.4 is 10.6 Å². The largest absolute Gasteiger partial charge is 0.354 e. The number of amides is 4. The lowest BCUT2D eigenvalue weighted by Crippen LogP contribution is -2.37. The Kier molecular flexibility index (Phi) is 5.78. The number of nitrogens with one attached hydrogen (secondary N) is 2. The van der Waals surface area contributed by atoms with E-state index in [1.165, 1.54) is 24.3 Å². The molecule has 0 radical (unpaired) electrons. The molecule has 0 spiro atoms. The summed E-state index contributed by atoms with van der Waals surface area (Å²) in [6, 6.07) is 11.6. The van der Waals surface area contributed by atoms with Crippen molar-refractivity contribution in [2.45, 2.75) is 6.42 Å². The minimum Gasteiger partial charge on any atom is -0.354 e. The first-order valence-electron chi connectivity index (χ1n) is 8.73. The first-order chi connectivity index (χ1) is 13.5. The Balaban J connectivity index is 1.38. The second kappa shape index (κ2) is 8.43. The van der Waals surface area contributed by atoms with E-state index in [9.17, 15) is 23.6 Å². The van der Waals surface area contributed by atoms with Gasteiger partial charge in [-0.1, -0.05) is 12.1 Å². The van der Waals surface area contributed by atoms with Gasteiger partial charge in [0, 0.05) is 31.6 Å². The summed E-state index contributed by atoms with van der Waals surface area (Å²) in [7, 11) is 0. The van der Waals surface area contributed by atoms with Crippen molar-refractivity contribution < 1.29 is 23.6 Å². The Morgan fingerprint density at radius 3 is 2.04 bits per heavy atom. The van der Waals surface area contributed by atoms with E-state index in [2.05, 4.69) is 10.6 Å². The van der Waals surface area contributed by atoms with Crippen LogP contribution >= 0.6 is 0 Å². The second-order valence-corrected chi connectivity index (χ2v) is 6.17. The van der Waals surface area contributed by atoms with Crippen LogP contribution in [0.3, 0.4) is 0 Å². The SMILES string of the molecule is O=C(CCN1C(=O)c2ccccc2C1=O)NCCNC(=O)c1ccc(F)cc1. The third kappa shape index (κ3) is 4.22. The molecule has 2 aromatic rings. The van der Waals surface area contributed by atoms with Gasteiger partial charge in [0.2, 0.25) is 5.91 Å². The number of benzene rings is 2. The van der Waals surface area contributed by atoms with Crippen LogP contribution in [-0.2, 0) is 4.79 Å². The molecule has 2 N–H and O–H groups in total. The quantitative estimate of drug-likeness (QED) is 0.557. The number of carbonyl (C=O) groups excluding carboxylic acids is 4. The summed E-state index contributed by atoms with van der Waals surface area (Å²) in [6.07, 6.45) is -0.0304. The predicted octanol–water partition coefficient (Wildman–Crippen LogP) is 1.36. The highest BCUT2D eigenvalue weighted by Gasteiger charge is 2.34. The van der Waals surface area contributed by atoms with Gasteiger partial charge in [0.25, 0.3) is 17.7 Å². The fourth-order valence-corrected chi connectivity index (χ4v) is 2.83. The first kappa shape index (κ1) is 19.2. The third-order valence-corrected chi connectivity index (χ3v) is 4.28. The monoisotopic (exact) mass is 383 g/mol. The van der Waals surface area contributed by atoms with Crippen molar-refractivity contribution in [2.75, 3.05) is 19.6 Å². The van der Waals surface area contributed by atoms with Gasteiger partial charge in [-0.3, -0.25) is 24.1 Å². The molecule has 28 heavy (non-hydrogen) atoms. The number of fused-ring (bicyclic) bond motifs is 1. The zero-order chi connectivity index (χ0) is 20.1. The van der Waals surface area contributed by atoms with Crippen molar-refractivity contribution in [2.24, 2.45) is 0 Å². The van der Waals surface area contributed by atoms with E-state index >= 15 is 0 Å². The van der Waals surface area contributed by atoms with Crippen LogP contribution in [0, 0.1) is 5.82 Å². The Morgan fingerprint density at radius 1 is 0.857 bits per heavy atom. The highest BCUT2D eigenvalue weighted by molar-refractivity contribution is 6.21. The summed E-state index contributed by atoms with van der Waals surface area (Å²) in [4.78, 5) is 49.3. The molecule has 0 saturated carbocycles. The molecule has 144 valence electrons. The summed E-state index contributed by atoms with van der Waals surface area (Å²) >= 11 is 0. The van der Waals surface area contributed by atoms with Gasteiger partial charge in [-0.15, -0.1) is 0 Å². The molecule has 7 nitrogen and oxygen atoms in total. The van der Waals surface area contributed by atoms with Crippen LogP contribution in [0.25, 0.3) is 0 Å². The van der Waals surface area contributed by atoms with E-state index in [4.69, 9.17) is 0 Å². The minimum absolute atomic E-state index is 0.0138. The Bertz CT molecular complexity index is 892. The zero-order valence-electron chi connectivity index (χ0n) is 14.9. The summed E-state index contributed by atoms with van der Waals surface area (Å²) in [5.74, 6) is -1.95. The van der Waals surface area contributed by atoms with Gasteiger partial charge >= 0.3 is 0 Å². The van der Waals surface area contributed by atoms with Gasteiger partial charge in [0.1, 0.15) is 5.82 Å². The first-order valence-corrected chi connectivity index (χ1v) is 8.73. The molecule has 1 aliphatic heterocycles. The number of hydrogen-bond acceptors (Lipinski definition) is 4. The normalized spacial score (nSPS) is 12.7. The number of carbonyl (C=O) groups is 4. The van der Waals surface area contributed by atoms with Gasteiger partial charge in [0.05, 0.1) is 11.1 Å². The van der Waals surface area contributed by atoms with E-state index < -0.39 is 17.6 Å². The summed E-state index contributed by atoms with van der Waals surface area (Å²) in [6.45, 7) is 0.364. The molecule has 1 aliphatic rings. The minimum atomic E-state index is -0.429. The van der Waals surface area contributed by atoms with Gasteiger partial charge in [0.15, 0.2) is 0 Å². The summed E-state index contributed by atoms with van der Waals surface area (Å²) in [5, 5.41) is 5.21. The highest BCUT2D eigenvalue weighted by Crippen LogP contribution is 2.22. The average Bonchev–Trinajstić information content (AvgIpc) is 2.94. The van der Waals surface area contributed by atoms with E-state index in [-0.39, 0.29) is 37.9 Å². The molecule has 0 fully saturated rings. The Hall–Kier alpha value is -3.55. The van der Waals surface area contributed by atoms with E-state index in [1.807, 2.05) is 0 Å². The maximum Gasteiger partial charge on any atom is 0.261 e. The maximum atomic E-state index is 12.8. The van der Waals surface area contributed by atoms with Crippen LogP contribution in [0.4, 0.5) is 4.39 Å². The fourth-order valence-electron chi connectivity index (χ4n) is 2.83. The lowest BCUT2D eigenvalue weighted by Gasteiger charge is -2.13. The fraction of sp³-hybridized carbons (Fsp3) is 0.200. The van der Waals surface area contributed by atoms with Gasteiger partial charge in [-0.25, -0.2) is 4.39 Å². The van der Waals surface area contributed by atoms with Crippen molar-refractivity contribution in [1.82, 2.24) is 15.5 Å². The molecule has 0 saturated heterocycles. The van der Waals surface area contributed by atoms with Crippen LogP contribution in [-0.4, -0.2) is 48.2 Å². The van der Waals surface area contributed by atoms with Gasteiger partial charge in [-0.05, 0) is 36.4 Å². The summed E-state index contributed by atoms with van der Waals surface area (Å²) < 4.78 is 12.8. The van der Waals surface area contributed by atoms with Crippen molar-refractivity contribution in [3.63, 3.8) is 0 Å². The van der Waals surface area contributed by atoms with Crippen molar-refractivity contribution >= 4 is 23.6 Å². The molecule has 2 aromatic carbocycles. The molecule has 0 bridgehead atoms. The third-order valence-electron chi connectivity index (χ3n) is 4.28. The highest BCUT2D eigenvalue weighted by atomic mass is 19.1. The second-order valence-electron chi connectivity index (χ2n) is 6.17. The molecule has 3 rings (SSSR count). The number of hydrogen-bond donors (Lipinski definition) is 2. The number of imide groups is 1.